The molecule has 0 saturated heterocycles. The molecule has 0 N–H and O–H groups in total. The Bertz CT molecular complexity index is 1190. The first-order valence-corrected chi connectivity index (χ1v) is 10.9. The predicted molar refractivity (Wildman–Crippen MR) is 123 cm³/mol. The van der Waals surface area contributed by atoms with Gasteiger partial charge in [0.05, 0.1) is 19.2 Å². The summed E-state index contributed by atoms with van der Waals surface area (Å²) in [6.07, 6.45) is 1.80. The fourth-order valence-corrected chi connectivity index (χ4v) is 4.13. The fraction of sp³-hybridized carbons (Fsp3) is 0.208. The molecule has 0 fully saturated rings. The highest BCUT2D eigenvalue weighted by atomic mass is 32.1. The third kappa shape index (κ3) is 5.00. The second-order valence-electron chi connectivity index (χ2n) is 6.97. The average Bonchev–Trinajstić information content (AvgIpc) is 3.29. The van der Waals surface area contributed by atoms with E-state index in [4.69, 9.17) is 9.47 Å². The molecule has 0 amide bonds. The zero-order valence-corrected chi connectivity index (χ0v) is 18.3. The maximum absolute atomic E-state index is 12.1. The quantitative estimate of drug-likeness (QED) is 0.361. The van der Waals surface area contributed by atoms with Gasteiger partial charge in [-0.2, -0.15) is 0 Å². The summed E-state index contributed by atoms with van der Waals surface area (Å²) in [5.41, 5.74) is 3.52. The number of thiazole rings is 1. The van der Waals surface area contributed by atoms with E-state index in [-0.39, 0.29) is 0 Å². The first kappa shape index (κ1) is 20.8. The highest BCUT2D eigenvalue weighted by molar-refractivity contribution is 7.13. The van der Waals surface area contributed by atoms with E-state index in [2.05, 4.69) is 39.1 Å². The number of methoxy groups -OCH3 is 1. The third-order valence-electron chi connectivity index (χ3n) is 4.80. The van der Waals surface area contributed by atoms with Crippen molar-refractivity contribution >= 4 is 33.3 Å². The first-order chi connectivity index (χ1) is 15.2. The van der Waals surface area contributed by atoms with Crippen molar-refractivity contribution in [1.29, 1.82) is 0 Å². The molecule has 2 heterocycles. The van der Waals surface area contributed by atoms with Crippen LogP contribution in [0.1, 0.15) is 28.5 Å². The number of carbonyl (C=O) groups is 1. The number of ether oxygens (including phenoxy) is 2. The topological polar surface area (TPSA) is 64.5 Å². The van der Waals surface area contributed by atoms with Crippen LogP contribution in [0.15, 0.2) is 66.2 Å². The standard InChI is InChI=1S/C24H23N3O3S/c1-3-30-23(28)22-16-31-24(26-22)27(14-17-6-4-8-20(13-17)29-2)15-18-9-10-21-19(12-18)7-5-11-25-21/h4-13,16H,3,14-15H2,1-2H3. The summed E-state index contributed by atoms with van der Waals surface area (Å²) >= 11 is 1.43. The molecule has 2 aromatic carbocycles. The van der Waals surface area contributed by atoms with E-state index in [1.54, 1.807) is 25.6 Å². The van der Waals surface area contributed by atoms with Gasteiger partial charge < -0.3 is 14.4 Å². The Hall–Kier alpha value is -3.45. The van der Waals surface area contributed by atoms with Crippen LogP contribution >= 0.6 is 11.3 Å². The number of nitrogens with zero attached hydrogens (tertiary/aromatic N) is 3. The maximum Gasteiger partial charge on any atom is 0.357 e. The van der Waals surface area contributed by atoms with E-state index in [0.29, 0.717) is 25.4 Å². The van der Waals surface area contributed by atoms with Crippen molar-refractivity contribution in [2.45, 2.75) is 20.0 Å². The van der Waals surface area contributed by atoms with Gasteiger partial charge in [0.1, 0.15) is 5.75 Å². The van der Waals surface area contributed by atoms with Gasteiger partial charge in [0.15, 0.2) is 10.8 Å². The second-order valence-corrected chi connectivity index (χ2v) is 7.81. The van der Waals surface area contributed by atoms with Crippen molar-refractivity contribution in [2.24, 2.45) is 0 Å². The zero-order valence-electron chi connectivity index (χ0n) is 17.4. The molecular formula is C24H23N3O3S. The van der Waals surface area contributed by atoms with E-state index in [1.165, 1.54) is 11.3 Å². The molecule has 0 bridgehead atoms. The number of benzene rings is 2. The van der Waals surface area contributed by atoms with E-state index >= 15 is 0 Å². The molecule has 0 spiro atoms. The molecule has 31 heavy (non-hydrogen) atoms. The molecular weight excluding hydrogens is 410 g/mol. The number of anilines is 1. The largest absolute Gasteiger partial charge is 0.497 e. The highest BCUT2D eigenvalue weighted by Crippen LogP contribution is 2.27. The van der Waals surface area contributed by atoms with Gasteiger partial charge in [-0.1, -0.05) is 24.3 Å². The fourth-order valence-electron chi connectivity index (χ4n) is 3.33. The lowest BCUT2D eigenvalue weighted by Gasteiger charge is -2.22. The van der Waals surface area contributed by atoms with Crippen LogP contribution in [0, 0.1) is 0 Å². The van der Waals surface area contributed by atoms with E-state index in [1.807, 2.05) is 30.3 Å². The van der Waals surface area contributed by atoms with Gasteiger partial charge in [-0.05, 0) is 48.4 Å². The number of aromatic nitrogens is 2. The molecule has 0 atom stereocenters. The predicted octanol–water partition coefficient (Wildman–Crippen LogP) is 5.08. The van der Waals surface area contributed by atoms with E-state index in [9.17, 15) is 4.79 Å². The van der Waals surface area contributed by atoms with Gasteiger partial charge in [-0.25, -0.2) is 9.78 Å². The van der Waals surface area contributed by atoms with Gasteiger partial charge in [-0.3, -0.25) is 4.98 Å². The Labute approximate surface area is 185 Å². The Morgan fingerprint density at radius 1 is 1.06 bits per heavy atom. The second kappa shape index (κ2) is 9.57. The molecule has 0 radical (unpaired) electrons. The highest BCUT2D eigenvalue weighted by Gasteiger charge is 2.17. The molecule has 7 heteroatoms. The van der Waals surface area contributed by atoms with Crippen LogP contribution in [0.2, 0.25) is 0 Å². The summed E-state index contributed by atoms with van der Waals surface area (Å²) in [4.78, 5) is 23.2. The monoisotopic (exact) mass is 433 g/mol. The van der Waals surface area contributed by atoms with Crippen molar-refractivity contribution in [3.63, 3.8) is 0 Å². The minimum absolute atomic E-state index is 0.324. The van der Waals surface area contributed by atoms with Gasteiger partial charge >= 0.3 is 5.97 Å². The molecule has 4 rings (SSSR count). The molecule has 2 aromatic heterocycles. The lowest BCUT2D eigenvalue weighted by Crippen LogP contribution is -2.22. The molecule has 0 saturated carbocycles. The number of fused-ring (bicyclic) bond motifs is 1. The minimum atomic E-state index is -0.400. The van der Waals surface area contributed by atoms with Crippen LogP contribution in [0.5, 0.6) is 5.75 Å². The van der Waals surface area contributed by atoms with Crippen molar-refractivity contribution in [3.8, 4) is 5.75 Å². The minimum Gasteiger partial charge on any atom is -0.497 e. The van der Waals surface area contributed by atoms with Crippen LogP contribution in [0.3, 0.4) is 0 Å². The molecule has 158 valence electrons. The summed E-state index contributed by atoms with van der Waals surface area (Å²) in [6, 6.07) is 18.2. The number of rotatable bonds is 8. The summed E-state index contributed by atoms with van der Waals surface area (Å²) < 4.78 is 10.5. The average molecular weight is 434 g/mol. The Kier molecular flexibility index (Phi) is 6.43. The van der Waals surface area contributed by atoms with Gasteiger partial charge in [0.2, 0.25) is 0 Å². The molecule has 0 unspecified atom stereocenters. The van der Waals surface area contributed by atoms with Crippen molar-refractivity contribution < 1.29 is 14.3 Å². The SMILES string of the molecule is CCOC(=O)c1csc(N(Cc2cccc(OC)c2)Cc2ccc3ncccc3c2)n1. The zero-order chi connectivity index (χ0) is 21.6. The lowest BCUT2D eigenvalue weighted by molar-refractivity contribution is 0.0520. The van der Waals surface area contributed by atoms with E-state index in [0.717, 1.165) is 32.9 Å². The number of esters is 1. The summed E-state index contributed by atoms with van der Waals surface area (Å²) in [7, 11) is 1.66. The van der Waals surface area contributed by atoms with Crippen LogP contribution in [-0.4, -0.2) is 29.7 Å². The smallest absolute Gasteiger partial charge is 0.357 e. The van der Waals surface area contributed by atoms with Crippen molar-refractivity contribution in [2.75, 3.05) is 18.6 Å². The third-order valence-corrected chi connectivity index (χ3v) is 5.70. The molecule has 0 aliphatic heterocycles. The lowest BCUT2D eigenvalue weighted by atomic mass is 10.1. The maximum atomic E-state index is 12.1. The Balaban J connectivity index is 1.64. The number of pyridine rings is 1. The summed E-state index contributed by atoms with van der Waals surface area (Å²) in [5.74, 6) is 0.406. The number of carbonyl (C=O) groups excluding carboxylic acids is 1. The normalized spacial score (nSPS) is 10.8. The van der Waals surface area contributed by atoms with Crippen molar-refractivity contribution in [3.05, 3.63) is 83.0 Å². The first-order valence-electron chi connectivity index (χ1n) is 10.0. The van der Waals surface area contributed by atoms with Gasteiger partial charge in [0, 0.05) is 30.1 Å². The van der Waals surface area contributed by atoms with Gasteiger partial charge in [-0.15, -0.1) is 11.3 Å². The Morgan fingerprint density at radius 2 is 1.90 bits per heavy atom. The van der Waals surface area contributed by atoms with Crippen LogP contribution < -0.4 is 9.64 Å². The molecule has 6 nitrogen and oxygen atoms in total. The molecule has 0 aliphatic carbocycles. The van der Waals surface area contributed by atoms with Gasteiger partial charge in [0.25, 0.3) is 0 Å². The number of hydrogen-bond donors (Lipinski definition) is 0. The van der Waals surface area contributed by atoms with Crippen molar-refractivity contribution in [1.82, 2.24) is 9.97 Å². The molecule has 0 aliphatic rings. The Morgan fingerprint density at radius 3 is 2.71 bits per heavy atom. The summed E-state index contributed by atoms with van der Waals surface area (Å²) in [6.45, 7) is 3.37. The van der Waals surface area contributed by atoms with Crippen LogP contribution in [0.4, 0.5) is 5.13 Å². The van der Waals surface area contributed by atoms with E-state index < -0.39 is 5.97 Å². The molecule has 4 aromatic rings. The van der Waals surface area contributed by atoms with Crippen LogP contribution in [0.25, 0.3) is 10.9 Å². The number of hydrogen-bond acceptors (Lipinski definition) is 7. The van der Waals surface area contributed by atoms with Crippen LogP contribution in [-0.2, 0) is 17.8 Å². The summed E-state index contributed by atoms with van der Waals surface area (Å²) in [5, 5.41) is 3.60.